The predicted molar refractivity (Wildman–Crippen MR) is 97.9 cm³/mol. The van der Waals surface area contributed by atoms with Crippen molar-refractivity contribution in [3.8, 4) is 0 Å². The fraction of sp³-hybridized carbons (Fsp3) is 0.778. The zero-order valence-corrected chi connectivity index (χ0v) is 15.1. The minimum absolute atomic E-state index is 1.13. The van der Waals surface area contributed by atoms with Crippen LogP contribution in [0.1, 0.15) is 77.0 Å². The quantitative estimate of drug-likeness (QED) is 0.386. The van der Waals surface area contributed by atoms with E-state index in [9.17, 15) is 0 Å². The Morgan fingerprint density at radius 3 is 1.55 bits per heavy atom. The molecule has 0 amide bonds. The Balaban J connectivity index is 1.62. The summed E-state index contributed by atoms with van der Waals surface area (Å²) in [4.78, 5) is 0. The van der Waals surface area contributed by atoms with E-state index < -0.39 is 0 Å². The van der Waals surface area contributed by atoms with Gasteiger partial charge in [-0.05, 0) is 63.7 Å². The molecule has 0 aromatic rings. The van der Waals surface area contributed by atoms with Gasteiger partial charge in [0.15, 0.2) is 0 Å². The normalized spacial score (nSPS) is 23.2. The molecule has 2 heteroatoms. The lowest BCUT2D eigenvalue weighted by molar-refractivity contribution is 0.634. The molecule has 0 saturated heterocycles. The van der Waals surface area contributed by atoms with Crippen LogP contribution in [0.5, 0.6) is 0 Å². The molecule has 0 bridgehead atoms. The van der Waals surface area contributed by atoms with E-state index in [4.69, 9.17) is 0 Å². The van der Waals surface area contributed by atoms with Gasteiger partial charge in [0, 0.05) is 0 Å². The summed E-state index contributed by atoms with van der Waals surface area (Å²) >= 11 is 0. The molecule has 2 atom stereocenters. The molecular formula is C18H32P2. The summed E-state index contributed by atoms with van der Waals surface area (Å²) in [6.07, 6.45) is 25.2. The van der Waals surface area contributed by atoms with E-state index in [0.29, 0.717) is 0 Å². The summed E-state index contributed by atoms with van der Waals surface area (Å²) in [5, 5.41) is 3.61. The summed E-state index contributed by atoms with van der Waals surface area (Å²) in [7, 11) is 2.27. The number of allylic oxidation sites excluding steroid dienone is 4. The van der Waals surface area contributed by atoms with Gasteiger partial charge in [-0.25, -0.2) is 0 Å². The lowest BCUT2D eigenvalue weighted by Crippen LogP contribution is -1.90. The lowest BCUT2D eigenvalue weighted by Gasteiger charge is -2.13. The first kappa shape index (κ1) is 16.7. The van der Waals surface area contributed by atoms with Crippen molar-refractivity contribution in [3.63, 3.8) is 0 Å². The van der Waals surface area contributed by atoms with Crippen LogP contribution in [0.3, 0.4) is 0 Å². The van der Waals surface area contributed by atoms with Gasteiger partial charge in [-0.15, -0.1) is 0 Å². The number of rotatable bonds is 5. The van der Waals surface area contributed by atoms with Gasteiger partial charge in [0.25, 0.3) is 0 Å². The molecule has 0 N–H and O–H groups in total. The average Bonchev–Trinajstić information content (AvgIpc) is 2.38. The van der Waals surface area contributed by atoms with Crippen molar-refractivity contribution in [3.05, 3.63) is 22.8 Å². The van der Waals surface area contributed by atoms with E-state index in [-0.39, 0.29) is 0 Å². The van der Waals surface area contributed by atoms with Gasteiger partial charge >= 0.3 is 0 Å². The van der Waals surface area contributed by atoms with E-state index in [2.05, 4.69) is 12.2 Å². The Morgan fingerprint density at radius 2 is 1.05 bits per heavy atom. The van der Waals surface area contributed by atoms with Crippen molar-refractivity contribution in [2.24, 2.45) is 0 Å². The second kappa shape index (κ2) is 11.0. The van der Waals surface area contributed by atoms with Crippen molar-refractivity contribution in [1.82, 2.24) is 0 Å². The Kier molecular flexibility index (Phi) is 9.17. The van der Waals surface area contributed by atoms with E-state index >= 15 is 0 Å². The topological polar surface area (TPSA) is 0 Å². The van der Waals surface area contributed by atoms with Crippen LogP contribution in [-0.4, -0.2) is 12.3 Å². The summed E-state index contributed by atoms with van der Waals surface area (Å²) < 4.78 is 0. The average molecular weight is 310 g/mol. The maximum Gasteiger partial charge on any atom is -0.0276 e. The molecule has 2 aliphatic carbocycles. The summed E-state index contributed by atoms with van der Waals surface area (Å²) in [6.45, 7) is 0. The summed E-state index contributed by atoms with van der Waals surface area (Å²) in [5.41, 5.74) is 0. The van der Waals surface area contributed by atoms with Crippen LogP contribution in [0.2, 0.25) is 0 Å². The molecule has 0 spiro atoms. The van der Waals surface area contributed by atoms with E-state index in [1.165, 1.54) is 89.4 Å². The summed E-state index contributed by atoms with van der Waals surface area (Å²) in [5.74, 6) is 0. The van der Waals surface area contributed by atoms with Crippen LogP contribution in [0, 0.1) is 0 Å². The minimum Gasteiger partial charge on any atom is -0.0948 e. The van der Waals surface area contributed by atoms with E-state index in [1.807, 2.05) is 0 Å². The molecule has 0 nitrogen and oxygen atoms in total. The van der Waals surface area contributed by atoms with Gasteiger partial charge in [-0.1, -0.05) is 65.6 Å². The minimum atomic E-state index is 1.13. The molecule has 114 valence electrons. The SMILES string of the molecule is C1=C(PCCPC2=CCCCCCC2)CCCCCC1. The highest BCUT2D eigenvalue weighted by atomic mass is 31.1. The molecular weight excluding hydrogens is 278 g/mol. The van der Waals surface area contributed by atoms with Crippen molar-refractivity contribution < 1.29 is 0 Å². The molecule has 2 aliphatic rings. The van der Waals surface area contributed by atoms with Gasteiger partial charge in [0.05, 0.1) is 0 Å². The maximum absolute atomic E-state index is 2.58. The molecule has 0 aromatic heterocycles. The molecule has 0 radical (unpaired) electrons. The first-order valence-corrected chi connectivity index (χ1v) is 11.2. The molecule has 2 rings (SSSR count). The van der Waals surface area contributed by atoms with Crippen molar-refractivity contribution in [1.29, 1.82) is 0 Å². The van der Waals surface area contributed by atoms with Crippen LogP contribution in [0.25, 0.3) is 0 Å². The van der Waals surface area contributed by atoms with Crippen molar-refractivity contribution >= 4 is 17.2 Å². The van der Waals surface area contributed by atoms with Gasteiger partial charge in [0.2, 0.25) is 0 Å². The van der Waals surface area contributed by atoms with E-state index in [0.717, 1.165) is 17.2 Å². The van der Waals surface area contributed by atoms with Crippen molar-refractivity contribution in [2.75, 3.05) is 12.3 Å². The highest BCUT2D eigenvalue weighted by Crippen LogP contribution is 2.36. The third-order valence-corrected chi connectivity index (χ3v) is 7.73. The van der Waals surface area contributed by atoms with Crippen LogP contribution in [0.4, 0.5) is 0 Å². The first-order chi connectivity index (χ1) is 9.95. The Labute approximate surface area is 129 Å². The van der Waals surface area contributed by atoms with Crippen LogP contribution in [-0.2, 0) is 0 Å². The third-order valence-electron chi connectivity index (χ3n) is 4.41. The largest absolute Gasteiger partial charge is 0.0948 e. The van der Waals surface area contributed by atoms with Gasteiger partial charge < -0.3 is 0 Å². The molecule has 0 aliphatic heterocycles. The molecule has 2 unspecified atom stereocenters. The molecule has 0 saturated carbocycles. The highest BCUT2D eigenvalue weighted by Gasteiger charge is 2.04. The maximum atomic E-state index is 2.58. The van der Waals surface area contributed by atoms with Crippen LogP contribution >= 0.6 is 17.2 Å². The van der Waals surface area contributed by atoms with Crippen LogP contribution < -0.4 is 0 Å². The fourth-order valence-electron chi connectivity index (χ4n) is 3.15. The predicted octanol–water partition coefficient (Wildman–Crippen LogP) is 6.82. The van der Waals surface area contributed by atoms with Gasteiger partial charge in [0.1, 0.15) is 0 Å². The lowest BCUT2D eigenvalue weighted by atomic mass is 10.1. The van der Waals surface area contributed by atoms with Crippen LogP contribution in [0.15, 0.2) is 22.8 Å². The molecule has 20 heavy (non-hydrogen) atoms. The fourth-order valence-corrected chi connectivity index (χ4v) is 6.08. The Bertz CT molecular complexity index is 285. The standard InChI is InChI=1S/C18H32P2/c1-3-7-11-17(12-8-4-1)19-15-16-20-18-13-9-5-2-6-10-14-18/h11,13,19-20H,1-10,12,14-16H2. The Morgan fingerprint density at radius 1 is 0.600 bits per heavy atom. The molecule has 0 heterocycles. The van der Waals surface area contributed by atoms with Gasteiger partial charge in [-0.3, -0.25) is 0 Å². The van der Waals surface area contributed by atoms with Gasteiger partial charge in [-0.2, -0.15) is 0 Å². The molecule has 0 aromatic carbocycles. The zero-order chi connectivity index (χ0) is 13.9. The first-order valence-electron chi connectivity index (χ1n) is 8.81. The third kappa shape index (κ3) is 7.38. The van der Waals surface area contributed by atoms with E-state index in [1.54, 1.807) is 10.6 Å². The zero-order valence-electron chi connectivity index (χ0n) is 13.1. The summed E-state index contributed by atoms with van der Waals surface area (Å²) in [6, 6.07) is 0. The Hall–Kier alpha value is 0.340. The second-order valence-corrected chi connectivity index (χ2v) is 9.21. The highest BCUT2D eigenvalue weighted by molar-refractivity contribution is 7.47. The smallest absolute Gasteiger partial charge is 0.0276 e. The second-order valence-electron chi connectivity index (χ2n) is 6.22. The van der Waals surface area contributed by atoms with Crippen molar-refractivity contribution in [2.45, 2.75) is 77.0 Å². The molecule has 0 fully saturated rings. The number of hydrogen-bond acceptors (Lipinski definition) is 0. The number of hydrogen-bond donors (Lipinski definition) is 0. The monoisotopic (exact) mass is 310 g/mol.